The van der Waals surface area contributed by atoms with E-state index in [4.69, 9.17) is 0 Å². The van der Waals surface area contributed by atoms with Gasteiger partial charge in [0.1, 0.15) is 5.82 Å². The van der Waals surface area contributed by atoms with Crippen LogP contribution in [0.4, 0.5) is 0 Å². The van der Waals surface area contributed by atoms with Crippen molar-refractivity contribution in [1.82, 2.24) is 19.8 Å². The standard InChI is InChI=1S/C17H20N4O3S/c1-20-7-8-21(15-11-25(23,24)10-14(15)20)17(22)13-4-2-3-12(9-13)16-18-5-6-19-16/h2-6,9,14-15H,7-8,10-11H2,1H3,(H,18,19)/t14-,15+/m1/s1. The van der Waals surface area contributed by atoms with Crippen LogP contribution in [0.1, 0.15) is 10.4 Å². The second kappa shape index (κ2) is 5.96. The number of benzene rings is 1. The highest BCUT2D eigenvalue weighted by atomic mass is 32.2. The molecule has 1 aromatic carbocycles. The number of piperazine rings is 1. The summed E-state index contributed by atoms with van der Waals surface area (Å²) in [4.78, 5) is 24.1. The lowest BCUT2D eigenvalue weighted by atomic mass is 10.0. The van der Waals surface area contributed by atoms with Gasteiger partial charge in [0.05, 0.1) is 17.5 Å². The number of H-pyrrole nitrogens is 1. The van der Waals surface area contributed by atoms with Crippen LogP contribution in [0.3, 0.4) is 0 Å². The molecule has 1 amide bonds. The fourth-order valence-electron chi connectivity index (χ4n) is 3.77. The molecule has 25 heavy (non-hydrogen) atoms. The lowest BCUT2D eigenvalue weighted by Gasteiger charge is -2.42. The van der Waals surface area contributed by atoms with Gasteiger partial charge in [-0.05, 0) is 19.2 Å². The summed E-state index contributed by atoms with van der Waals surface area (Å²) in [5, 5.41) is 0. The van der Waals surface area contributed by atoms with Gasteiger partial charge in [-0.3, -0.25) is 9.69 Å². The van der Waals surface area contributed by atoms with E-state index in [1.54, 1.807) is 29.4 Å². The van der Waals surface area contributed by atoms with Crippen LogP contribution in [0.25, 0.3) is 11.4 Å². The third-order valence-corrected chi connectivity index (χ3v) is 6.79. The van der Waals surface area contributed by atoms with Crippen molar-refractivity contribution in [3.05, 3.63) is 42.2 Å². The smallest absolute Gasteiger partial charge is 0.254 e. The average Bonchev–Trinajstić information content (AvgIpc) is 3.22. The summed E-state index contributed by atoms with van der Waals surface area (Å²) in [6.45, 7) is 1.22. The normalized spacial score (nSPS) is 25.7. The fraction of sp³-hybridized carbons (Fsp3) is 0.412. The predicted octanol–water partition coefficient (Wildman–Crippen LogP) is 0.630. The van der Waals surface area contributed by atoms with Crippen LogP contribution in [0.2, 0.25) is 0 Å². The number of fused-ring (bicyclic) bond motifs is 1. The van der Waals surface area contributed by atoms with Gasteiger partial charge in [0.15, 0.2) is 9.84 Å². The Morgan fingerprint density at radius 2 is 2.04 bits per heavy atom. The van der Waals surface area contributed by atoms with Gasteiger partial charge >= 0.3 is 0 Å². The Kier molecular flexibility index (Phi) is 3.88. The predicted molar refractivity (Wildman–Crippen MR) is 93.9 cm³/mol. The number of likely N-dealkylation sites (N-methyl/N-ethyl adjacent to an activating group) is 1. The van der Waals surface area contributed by atoms with Gasteiger partial charge in [-0.25, -0.2) is 13.4 Å². The summed E-state index contributed by atoms with van der Waals surface area (Å²) >= 11 is 0. The number of rotatable bonds is 2. The number of hydrogen-bond donors (Lipinski definition) is 1. The van der Waals surface area contributed by atoms with Crippen LogP contribution in [-0.4, -0.2) is 77.8 Å². The molecule has 0 saturated carbocycles. The summed E-state index contributed by atoms with van der Waals surface area (Å²) in [6, 6.07) is 6.90. The molecule has 132 valence electrons. The Hall–Kier alpha value is -2.19. The maximum atomic E-state index is 13.1. The highest BCUT2D eigenvalue weighted by molar-refractivity contribution is 7.91. The van der Waals surface area contributed by atoms with E-state index in [0.717, 1.165) is 5.56 Å². The second-order valence-corrected chi connectivity index (χ2v) is 8.86. The number of nitrogens with zero attached hydrogens (tertiary/aromatic N) is 3. The molecule has 0 radical (unpaired) electrons. The minimum atomic E-state index is -3.10. The fourth-order valence-corrected chi connectivity index (χ4v) is 5.82. The maximum absolute atomic E-state index is 13.1. The number of carbonyl (C=O) groups is 1. The molecule has 8 heteroatoms. The Bertz CT molecular complexity index is 894. The lowest BCUT2D eigenvalue weighted by Crippen LogP contribution is -2.59. The van der Waals surface area contributed by atoms with E-state index < -0.39 is 9.84 Å². The number of imidazole rings is 1. The van der Waals surface area contributed by atoms with Crippen molar-refractivity contribution in [2.75, 3.05) is 31.6 Å². The molecule has 1 N–H and O–H groups in total. The molecule has 1 aromatic heterocycles. The van der Waals surface area contributed by atoms with Gasteiger partial charge in [0.25, 0.3) is 5.91 Å². The first-order chi connectivity index (χ1) is 11.9. The first-order valence-corrected chi connectivity index (χ1v) is 10.1. The number of sulfone groups is 1. The van der Waals surface area contributed by atoms with Gasteiger partial charge in [-0.15, -0.1) is 0 Å². The van der Waals surface area contributed by atoms with E-state index in [-0.39, 0.29) is 29.5 Å². The first kappa shape index (κ1) is 16.3. The molecule has 0 aliphatic carbocycles. The summed E-state index contributed by atoms with van der Waals surface area (Å²) in [5.41, 5.74) is 1.39. The Labute approximate surface area is 146 Å². The molecule has 4 rings (SSSR count). The van der Waals surface area contributed by atoms with Gasteiger partial charge in [0.2, 0.25) is 0 Å². The maximum Gasteiger partial charge on any atom is 0.254 e. The number of aromatic nitrogens is 2. The van der Waals surface area contributed by atoms with Crippen molar-refractivity contribution < 1.29 is 13.2 Å². The molecule has 2 aliphatic rings. The third-order valence-electron chi connectivity index (χ3n) is 5.10. The molecule has 2 atom stereocenters. The number of aromatic amines is 1. The van der Waals surface area contributed by atoms with Gasteiger partial charge in [-0.1, -0.05) is 12.1 Å². The quantitative estimate of drug-likeness (QED) is 0.849. The van der Waals surface area contributed by atoms with E-state index in [9.17, 15) is 13.2 Å². The number of amides is 1. The largest absolute Gasteiger partial charge is 0.345 e. The molecule has 0 spiro atoms. The second-order valence-electron chi connectivity index (χ2n) is 6.71. The highest BCUT2D eigenvalue weighted by Gasteiger charge is 2.47. The Morgan fingerprint density at radius 1 is 1.24 bits per heavy atom. The Balaban J connectivity index is 1.64. The summed E-state index contributed by atoms with van der Waals surface area (Å²) < 4.78 is 24.2. The van der Waals surface area contributed by atoms with Gasteiger partial charge < -0.3 is 9.88 Å². The third kappa shape index (κ3) is 2.96. The molecule has 3 heterocycles. The monoisotopic (exact) mass is 360 g/mol. The molecular weight excluding hydrogens is 340 g/mol. The number of nitrogens with one attached hydrogen (secondary N) is 1. The SMILES string of the molecule is CN1CCN(C(=O)c2cccc(-c3ncc[nH]3)c2)[C@H]2CS(=O)(=O)C[C@H]21. The summed E-state index contributed by atoms with van der Waals surface area (Å²) in [5.74, 6) is 0.763. The van der Waals surface area contributed by atoms with Crippen LogP contribution < -0.4 is 0 Å². The molecule has 7 nitrogen and oxygen atoms in total. The molecule has 2 aliphatic heterocycles. The summed E-state index contributed by atoms with van der Waals surface area (Å²) in [6.07, 6.45) is 3.40. The van der Waals surface area contributed by atoms with Crippen LogP contribution in [0.5, 0.6) is 0 Å². The first-order valence-electron chi connectivity index (χ1n) is 8.26. The minimum Gasteiger partial charge on any atom is -0.345 e. The van der Waals surface area contributed by atoms with Crippen LogP contribution in [-0.2, 0) is 9.84 Å². The van der Waals surface area contributed by atoms with Gasteiger partial charge in [0, 0.05) is 42.7 Å². The summed E-state index contributed by atoms with van der Waals surface area (Å²) in [7, 11) is -1.18. The van der Waals surface area contributed by atoms with Crippen LogP contribution >= 0.6 is 0 Å². The average molecular weight is 360 g/mol. The zero-order chi connectivity index (χ0) is 17.6. The zero-order valence-electron chi connectivity index (χ0n) is 13.9. The Morgan fingerprint density at radius 3 is 2.80 bits per heavy atom. The number of hydrogen-bond acceptors (Lipinski definition) is 5. The molecule has 2 saturated heterocycles. The highest BCUT2D eigenvalue weighted by Crippen LogP contribution is 2.28. The zero-order valence-corrected chi connectivity index (χ0v) is 14.7. The van der Waals surface area contributed by atoms with E-state index in [0.29, 0.717) is 24.5 Å². The molecular formula is C17H20N4O3S. The van der Waals surface area contributed by atoms with E-state index in [2.05, 4.69) is 14.9 Å². The van der Waals surface area contributed by atoms with E-state index in [1.807, 2.05) is 19.2 Å². The van der Waals surface area contributed by atoms with E-state index in [1.165, 1.54) is 0 Å². The molecule has 0 bridgehead atoms. The van der Waals surface area contributed by atoms with Crippen LogP contribution in [0, 0.1) is 0 Å². The van der Waals surface area contributed by atoms with Crippen molar-refractivity contribution in [3.8, 4) is 11.4 Å². The molecule has 2 fully saturated rings. The minimum absolute atomic E-state index is 0.0472. The van der Waals surface area contributed by atoms with Crippen molar-refractivity contribution in [1.29, 1.82) is 0 Å². The van der Waals surface area contributed by atoms with Crippen molar-refractivity contribution in [3.63, 3.8) is 0 Å². The van der Waals surface area contributed by atoms with Crippen molar-refractivity contribution in [2.24, 2.45) is 0 Å². The lowest BCUT2D eigenvalue weighted by molar-refractivity contribution is 0.0410. The van der Waals surface area contributed by atoms with Crippen molar-refractivity contribution in [2.45, 2.75) is 12.1 Å². The molecule has 0 unspecified atom stereocenters. The number of carbonyl (C=O) groups excluding carboxylic acids is 1. The van der Waals surface area contributed by atoms with Gasteiger partial charge in [-0.2, -0.15) is 0 Å². The topological polar surface area (TPSA) is 86.4 Å². The van der Waals surface area contributed by atoms with Crippen molar-refractivity contribution >= 4 is 15.7 Å². The van der Waals surface area contributed by atoms with Crippen LogP contribution in [0.15, 0.2) is 36.7 Å². The van der Waals surface area contributed by atoms with E-state index >= 15 is 0 Å². The molecule has 2 aromatic rings.